The Morgan fingerprint density at radius 3 is 2.50 bits per heavy atom. The molecule has 158 valence electrons. The summed E-state index contributed by atoms with van der Waals surface area (Å²) in [6.45, 7) is 1.10. The molecule has 2 heterocycles. The Kier molecular flexibility index (Phi) is 3.82. The van der Waals surface area contributed by atoms with Gasteiger partial charge in [-0.15, -0.1) is 0 Å². The molecule has 9 heteroatoms. The van der Waals surface area contributed by atoms with Crippen LogP contribution in [0.15, 0.2) is 30.6 Å². The Hall–Kier alpha value is -2.97. The minimum absolute atomic E-state index is 0. The fourth-order valence-corrected chi connectivity index (χ4v) is 4.18. The van der Waals surface area contributed by atoms with Crippen molar-refractivity contribution in [3.05, 3.63) is 52.8 Å². The summed E-state index contributed by atoms with van der Waals surface area (Å²) < 4.78 is 43.4. The third kappa shape index (κ3) is 2.86. The number of rotatable bonds is 4. The van der Waals surface area contributed by atoms with E-state index in [2.05, 4.69) is 15.3 Å². The van der Waals surface area contributed by atoms with Gasteiger partial charge in [0.05, 0.1) is 5.41 Å². The molecule has 2 amide bonds. The maximum absolute atomic E-state index is 14.5. The van der Waals surface area contributed by atoms with Gasteiger partial charge in [-0.3, -0.25) is 14.9 Å². The first-order chi connectivity index (χ1) is 14.1. The van der Waals surface area contributed by atoms with Crippen molar-refractivity contribution in [2.45, 2.75) is 43.2 Å². The number of aryl methyl sites for hydroxylation is 1. The Bertz CT molecular complexity index is 1070. The molecule has 2 aliphatic carbocycles. The average molecular weight is 418 g/mol. The molecule has 1 aliphatic heterocycles. The van der Waals surface area contributed by atoms with Crippen molar-refractivity contribution in [2.75, 3.05) is 18.4 Å². The van der Waals surface area contributed by atoms with Crippen LogP contribution < -0.4 is 5.32 Å². The molecule has 0 saturated heterocycles. The Balaban J connectivity index is 0.00000231. The molecule has 0 radical (unpaired) electrons. The number of nitrogens with one attached hydrogen (secondary N) is 1. The first kappa shape index (κ1) is 19.0. The standard InChI is InChI=1S/C21H19F3N4O2.H2/c1-12-7-25-18(26-8-12)27-16(29)9-28-11-19(10-21(19,23)24)15-6-13(20(22)4-5-20)2-3-14(15)17(28)30;/h2-3,6-8H,4-5,9-11H2,1H3,(H,25,26,27,29);1H. The zero-order valence-electron chi connectivity index (χ0n) is 16.2. The van der Waals surface area contributed by atoms with Gasteiger partial charge < -0.3 is 4.90 Å². The molecule has 1 spiro atoms. The summed E-state index contributed by atoms with van der Waals surface area (Å²) in [4.78, 5) is 34.4. The van der Waals surface area contributed by atoms with Gasteiger partial charge in [-0.05, 0) is 42.5 Å². The molecule has 1 aromatic heterocycles. The van der Waals surface area contributed by atoms with Crippen LogP contribution in [-0.4, -0.2) is 45.7 Å². The lowest BCUT2D eigenvalue weighted by Crippen LogP contribution is -2.48. The van der Waals surface area contributed by atoms with Gasteiger partial charge in [-0.2, -0.15) is 0 Å². The van der Waals surface area contributed by atoms with E-state index in [1.54, 1.807) is 6.92 Å². The van der Waals surface area contributed by atoms with Crippen molar-refractivity contribution in [3.8, 4) is 0 Å². The number of aromatic nitrogens is 2. The molecule has 1 unspecified atom stereocenters. The summed E-state index contributed by atoms with van der Waals surface area (Å²) in [7, 11) is 0. The smallest absolute Gasteiger partial charge is 0.260 e. The number of nitrogens with zero attached hydrogens (tertiary/aromatic N) is 3. The summed E-state index contributed by atoms with van der Waals surface area (Å²) in [6.07, 6.45) is 3.34. The molecule has 30 heavy (non-hydrogen) atoms. The second-order valence-electron chi connectivity index (χ2n) is 8.48. The molecule has 3 aliphatic rings. The lowest BCUT2D eigenvalue weighted by molar-refractivity contribution is -0.117. The van der Waals surface area contributed by atoms with Gasteiger partial charge in [-0.25, -0.2) is 23.1 Å². The van der Waals surface area contributed by atoms with Gasteiger partial charge in [0, 0.05) is 32.3 Å². The van der Waals surface area contributed by atoms with Crippen molar-refractivity contribution in [1.82, 2.24) is 14.9 Å². The number of amides is 2. The van der Waals surface area contributed by atoms with Gasteiger partial charge in [0.2, 0.25) is 11.9 Å². The van der Waals surface area contributed by atoms with Crippen molar-refractivity contribution >= 4 is 17.8 Å². The number of hydrogen-bond donors (Lipinski definition) is 1. The van der Waals surface area contributed by atoms with E-state index in [1.165, 1.54) is 30.6 Å². The van der Waals surface area contributed by atoms with E-state index < -0.39 is 41.8 Å². The molecule has 1 N–H and O–H groups in total. The summed E-state index contributed by atoms with van der Waals surface area (Å²) in [5.41, 5.74) is -1.59. The molecule has 2 aromatic rings. The summed E-state index contributed by atoms with van der Waals surface area (Å²) in [5, 5.41) is 2.47. The highest BCUT2D eigenvalue weighted by molar-refractivity contribution is 6.01. The van der Waals surface area contributed by atoms with Crippen LogP contribution in [0.4, 0.5) is 19.1 Å². The predicted molar refractivity (Wildman–Crippen MR) is 103 cm³/mol. The van der Waals surface area contributed by atoms with Crippen LogP contribution in [0.2, 0.25) is 0 Å². The van der Waals surface area contributed by atoms with Crippen molar-refractivity contribution in [2.24, 2.45) is 0 Å². The number of alkyl halides is 3. The van der Waals surface area contributed by atoms with Crippen LogP contribution in [0.1, 0.15) is 47.7 Å². The largest absolute Gasteiger partial charge is 0.328 e. The quantitative estimate of drug-likeness (QED) is 0.826. The van der Waals surface area contributed by atoms with E-state index in [0.717, 1.165) is 10.5 Å². The second kappa shape index (κ2) is 6.02. The average Bonchev–Trinajstić information content (AvgIpc) is 3.57. The molecule has 1 atom stereocenters. The van der Waals surface area contributed by atoms with Gasteiger partial charge in [0.15, 0.2) is 0 Å². The van der Waals surface area contributed by atoms with Gasteiger partial charge in [0.25, 0.3) is 11.8 Å². The number of carbonyl (C=O) groups excluding carboxylic acids is 2. The van der Waals surface area contributed by atoms with Crippen molar-refractivity contribution < 1.29 is 24.2 Å². The van der Waals surface area contributed by atoms with Crippen LogP contribution in [0.5, 0.6) is 0 Å². The maximum Gasteiger partial charge on any atom is 0.260 e. The topological polar surface area (TPSA) is 75.2 Å². The number of hydrogen-bond acceptors (Lipinski definition) is 4. The van der Waals surface area contributed by atoms with Crippen LogP contribution in [0.25, 0.3) is 0 Å². The monoisotopic (exact) mass is 418 g/mol. The van der Waals surface area contributed by atoms with Crippen LogP contribution >= 0.6 is 0 Å². The number of carbonyl (C=O) groups is 2. The first-order valence-corrected chi connectivity index (χ1v) is 9.73. The molecule has 5 rings (SSSR count). The van der Waals surface area contributed by atoms with E-state index in [4.69, 9.17) is 0 Å². The van der Waals surface area contributed by atoms with Crippen LogP contribution in [0, 0.1) is 6.92 Å². The van der Waals surface area contributed by atoms with Crippen LogP contribution in [-0.2, 0) is 15.9 Å². The first-order valence-electron chi connectivity index (χ1n) is 9.73. The zero-order chi connectivity index (χ0) is 21.3. The molecule has 1 aromatic carbocycles. The minimum atomic E-state index is -3.01. The van der Waals surface area contributed by atoms with E-state index in [9.17, 15) is 22.8 Å². The summed E-state index contributed by atoms with van der Waals surface area (Å²) in [6, 6.07) is 4.33. The normalized spacial score (nSPS) is 25.1. The predicted octanol–water partition coefficient (Wildman–Crippen LogP) is 3.36. The molecule has 6 nitrogen and oxygen atoms in total. The van der Waals surface area contributed by atoms with Gasteiger partial charge in [0.1, 0.15) is 12.2 Å². The Morgan fingerprint density at radius 1 is 1.23 bits per heavy atom. The summed E-state index contributed by atoms with van der Waals surface area (Å²) >= 11 is 0. The fourth-order valence-electron chi connectivity index (χ4n) is 4.18. The third-order valence-corrected chi connectivity index (χ3v) is 6.19. The Labute approximate surface area is 172 Å². The maximum atomic E-state index is 14.5. The zero-order valence-corrected chi connectivity index (χ0v) is 16.2. The van der Waals surface area contributed by atoms with Crippen LogP contribution in [0.3, 0.4) is 0 Å². The highest BCUT2D eigenvalue weighted by atomic mass is 19.3. The lowest BCUT2D eigenvalue weighted by atomic mass is 9.84. The second-order valence-corrected chi connectivity index (χ2v) is 8.48. The van der Waals surface area contributed by atoms with Gasteiger partial charge in [-0.1, -0.05) is 12.1 Å². The number of anilines is 1. The highest BCUT2D eigenvalue weighted by Crippen LogP contribution is 2.64. The molecule has 2 fully saturated rings. The van der Waals surface area contributed by atoms with E-state index in [-0.39, 0.29) is 25.0 Å². The number of benzene rings is 1. The number of fused-ring (bicyclic) bond motifs is 2. The molecular weight excluding hydrogens is 397 g/mol. The van der Waals surface area contributed by atoms with E-state index in [0.29, 0.717) is 18.4 Å². The third-order valence-electron chi connectivity index (χ3n) is 6.19. The summed E-state index contributed by atoms with van der Waals surface area (Å²) in [5.74, 6) is -4.03. The lowest BCUT2D eigenvalue weighted by Gasteiger charge is -2.34. The molecule has 0 bridgehead atoms. The molecular formula is C21H21F3N4O2. The van der Waals surface area contributed by atoms with E-state index >= 15 is 0 Å². The van der Waals surface area contributed by atoms with Crippen molar-refractivity contribution in [1.29, 1.82) is 0 Å². The number of halogens is 3. The molecule has 2 saturated carbocycles. The fraction of sp³-hybridized carbons (Fsp3) is 0.429. The highest BCUT2D eigenvalue weighted by Gasteiger charge is 2.74. The SMILES string of the molecule is Cc1cnc(NC(=O)CN2CC3(CC3(F)F)c3cc(C4(F)CC4)ccc3C2=O)nc1.[HH]. The minimum Gasteiger partial charge on any atom is -0.328 e. The van der Waals surface area contributed by atoms with Crippen molar-refractivity contribution in [3.63, 3.8) is 0 Å². The van der Waals surface area contributed by atoms with Gasteiger partial charge >= 0.3 is 0 Å². The van der Waals surface area contributed by atoms with E-state index in [1.807, 2.05) is 0 Å². The Morgan fingerprint density at radius 2 is 1.90 bits per heavy atom.